The van der Waals surface area contributed by atoms with Crippen LogP contribution < -0.4 is 10.3 Å². The van der Waals surface area contributed by atoms with E-state index in [9.17, 15) is 4.79 Å². The average Bonchev–Trinajstić information content (AvgIpc) is 3.39. The molecule has 1 aliphatic rings. The summed E-state index contributed by atoms with van der Waals surface area (Å²) < 4.78 is 0. The Bertz CT molecular complexity index is 913. The highest BCUT2D eigenvalue weighted by Gasteiger charge is 2.19. The molecule has 1 amide bonds. The molecule has 1 aliphatic heterocycles. The van der Waals surface area contributed by atoms with Gasteiger partial charge in [0.25, 0.3) is 5.91 Å². The Hall–Kier alpha value is -2.51. The molecular weight excluding hydrogens is 376 g/mol. The Labute approximate surface area is 166 Å². The van der Waals surface area contributed by atoms with Crippen molar-refractivity contribution in [2.24, 2.45) is 5.10 Å². The molecule has 1 fully saturated rings. The number of hydrogen-bond acceptors (Lipinski definition) is 6. The zero-order chi connectivity index (χ0) is 18.5. The number of hydrogen-bond donors (Lipinski definition) is 1. The third-order valence-corrected chi connectivity index (χ3v) is 6.33. The molecule has 3 heterocycles. The van der Waals surface area contributed by atoms with Gasteiger partial charge in [0.05, 0.1) is 16.0 Å². The molecule has 3 aromatic rings. The van der Waals surface area contributed by atoms with Crippen LogP contribution in [0.3, 0.4) is 0 Å². The van der Waals surface area contributed by atoms with Gasteiger partial charge in [-0.15, -0.1) is 11.3 Å². The molecule has 0 radical (unpaired) electrons. The lowest BCUT2D eigenvalue weighted by molar-refractivity contribution is 0.0955. The molecule has 1 aromatic carbocycles. The van der Waals surface area contributed by atoms with E-state index in [1.54, 1.807) is 41.0 Å². The molecule has 0 bridgehead atoms. The summed E-state index contributed by atoms with van der Waals surface area (Å²) in [5.41, 5.74) is 4.14. The number of thiazole rings is 1. The minimum absolute atomic E-state index is 0.217. The number of carbonyl (C=O) groups is 1. The first-order chi connectivity index (χ1) is 13.3. The van der Waals surface area contributed by atoms with Crippen LogP contribution in [0.1, 0.15) is 34.5 Å². The summed E-state index contributed by atoms with van der Waals surface area (Å²) in [5.74, 6) is -0.217. The standard InChI is InChI=1S/C20H20N4OS2/c25-19(15-8-3-1-4-9-15)23-21-14-17-18(16-10-7-13-26-16)22-20(27-17)24-11-5-2-6-12-24/h1,3-4,7-10,13-14H,2,5-6,11-12H2,(H,23,25)/b21-14+. The summed E-state index contributed by atoms with van der Waals surface area (Å²) in [6, 6.07) is 13.2. The van der Waals surface area contributed by atoms with Crippen molar-refractivity contribution in [1.29, 1.82) is 0 Å². The number of thiophene rings is 1. The first kappa shape index (κ1) is 17.9. The van der Waals surface area contributed by atoms with E-state index in [1.807, 2.05) is 29.6 Å². The minimum atomic E-state index is -0.217. The van der Waals surface area contributed by atoms with E-state index in [0.29, 0.717) is 5.56 Å². The van der Waals surface area contributed by atoms with Gasteiger partial charge in [-0.2, -0.15) is 5.10 Å². The molecule has 7 heteroatoms. The van der Waals surface area contributed by atoms with Gasteiger partial charge in [-0.05, 0) is 42.8 Å². The van der Waals surface area contributed by atoms with E-state index < -0.39 is 0 Å². The fraction of sp³-hybridized carbons (Fsp3) is 0.250. The molecule has 4 rings (SSSR count). The molecule has 2 aromatic heterocycles. The predicted molar refractivity (Wildman–Crippen MR) is 113 cm³/mol. The molecule has 1 saturated heterocycles. The van der Waals surface area contributed by atoms with Crippen LogP contribution in [0.2, 0.25) is 0 Å². The minimum Gasteiger partial charge on any atom is -0.348 e. The van der Waals surface area contributed by atoms with Crippen LogP contribution in [0.25, 0.3) is 10.6 Å². The Morgan fingerprint density at radius 3 is 2.67 bits per heavy atom. The van der Waals surface area contributed by atoms with Gasteiger partial charge < -0.3 is 4.90 Å². The van der Waals surface area contributed by atoms with E-state index in [0.717, 1.165) is 33.7 Å². The SMILES string of the molecule is O=C(N/N=C/c1sc(N2CCCCC2)nc1-c1cccs1)c1ccccc1. The van der Waals surface area contributed by atoms with Crippen molar-refractivity contribution in [2.45, 2.75) is 19.3 Å². The van der Waals surface area contributed by atoms with E-state index in [2.05, 4.69) is 21.5 Å². The third kappa shape index (κ3) is 4.26. The van der Waals surface area contributed by atoms with Crippen molar-refractivity contribution in [3.8, 4) is 10.6 Å². The van der Waals surface area contributed by atoms with Crippen LogP contribution >= 0.6 is 22.7 Å². The second kappa shape index (κ2) is 8.45. The Morgan fingerprint density at radius 2 is 1.93 bits per heavy atom. The van der Waals surface area contributed by atoms with Gasteiger partial charge in [0.1, 0.15) is 5.69 Å². The van der Waals surface area contributed by atoms with Gasteiger partial charge in [0.2, 0.25) is 0 Å². The lowest BCUT2D eigenvalue weighted by Crippen LogP contribution is -2.29. The Balaban J connectivity index is 1.55. The molecule has 0 spiro atoms. The number of anilines is 1. The largest absolute Gasteiger partial charge is 0.348 e. The third-order valence-electron chi connectivity index (χ3n) is 4.41. The van der Waals surface area contributed by atoms with Gasteiger partial charge >= 0.3 is 0 Å². The number of benzene rings is 1. The molecule has 0 unspecified atom stereocenters. The lowest BCUT2D eigenvalue weighted by Gasteiger charge is -2.25. The Morgan fingerprint density at radius 1 is 1.11 bits per heavy atom. The maximum atomic E-state index is 12.2. The van der Waals surface area contributed by atoms with Crippen molar-refractivity contribution in [3.63, 3.8) is 0 Å². The molecule has 0 aliphatic carbocycles. The Kier molecular flexibility index (Phi) is 5.60. The predicted octanol–water partition coefficient (Wildman–Crippen LogP) is 4.63. The van der Waals surface area contributed by atoms with Crippen LogP contribution in [-0.4, -0.2) is 30.2 Å². The van der Waals surface area contributed by atoms with E-state index >= 15 is 0 Å². The van der Waals surface area contributed by atoms with Gasteiger partial charge in [-0.25, -0.2) is 10.4 Å². The number of piperidine rings is 1. The lowest BCUT2D eigenvalue weighted by atomic mass is 10.1. The molecular formula is C20H20N4OS2. The van der Waals surface area contributed by atoms with Crippen molar-refractivity contribution >= 4 is 39.9 Å². The average molecular weight is 397 g/mol. The first-order valence-electron chi connectivity index (χ1n) is 8.99. The summed E-state index contributed by atoms with van der Waals surface area (Å²) in [5, 5.41) is 7.26. The molecule has 27 heavy (non-hydrogen) atoms. The van der Waals surface area contributed by atoms with E-state index in [1.165, 1.54) is 19.3 Å². The van der Waals surface area contributed by atoms with Crippen LogP contribution in [0.15, 0.2) is 52.9 Å². The van der Waals surface area contributed by atoms with Crippen molar-refractivity contribution in [2.75, 3.05) is 18.0 Å². The highest BCUT2D eigenvalue weighted by atomic mass is 32.1. The monoisotopic (exact) mass is 396 g/mol. The van der Waals surface area contributed by atoms with Crippen molar-refractivity contribution < 1.29 is 4.79 Å². The maximum absolute atomic E-state index is 12.2. The van der Waals surface area contributed by atoms with Gasteiger partial charge in [0, 0.05) is 18.7 Å². The first-order valence-corrected chi connectivity index (χ1v) is 10.7. The van der Waals surface area contributed by atoms with E-state index in [-0.39, 0.29) is 5.91 Å². The quantitative estimate of drug-likeness (QED) is 0.505. The fourth-order valence-electron chi connectivity index (χ4n) is 3.02. The summed E-state index contributed by atoms with van der Waals surface area (Å²) in [6.45, 7) is 2.11. The summed E-state index contributed by atoms with van der Waals surface area (Å²) >= 11 is 3.30. The summed E-state index contributed by atoms with van der Waals surface area (Å²) in [6.07, 6.45) is 5.43. The second-order valence-corrected chi connectivity index (χ2v) is 8.26. The summed E-state index contributed by atoms with van der Waals surface area (Å²) in [7, 11) is 0. The molecule has 0 saturated carbocycles. The normalized spacial score (nSPS) is 14.6. The highest BCUT2D eigenvalue weighted by molar-refractivity contribution is 7.18. The van der Waals surface area contributed by atoms with Crippen LogP contribution in [0.5, 0.6) is 0 Å². The summed E-state index contributed by atoms with van der Waals surface area (Å²) in [4.78, 5) is 21.5. The molecule has 5 nitrogen and oxygen atoms in total. The number of aromatic nitrogens is 1. The number of rotatable bonds is 5. The molecule has 138 valence electrons. The van der Waals surface area contributed by atoms with Gasteiger partial charge in [0.15, 0.2) is 5.13 Å². The number of nitrogens with one attached hydrogen (secondary N) is 1. The topological polar surface area (TPSA) is 57.6 Å². The number of amides is 1. The van der Waals surface area contributed by atoms with Crippen LogP contribution in [0.4, 0.5) is 5.13 Å². The van der Waals surface area contributed by atoms with Gasteiger partial charge in [-0.3, -0.25) is 4.79 Å². The van der Waals surface area contributed by atoms with Crippen molar-refractivity contribution in [1.82, 2.24) is 10.4 Å². The smallest absolute Gasteiger partial charge is 0.271 e. The van der Waals surface area contributed by atoms with E-state index in [4.69, 9.17) is 4.98 Å². The number of hydrazone groups is 1. The number of nitrogens with zero attached hydrogens (tertiary/aromatic N) is 3. The van der Waals surface area contributed by atoms with Crippen LogP contribution in [0, 0.1) is 0 Å². The maximum Gasteiger partial charge on any atom is 0.271 e. The zero-order valence-corrected chi connectivity index (χ0v) is 16.4. The highest BCUT2D eigenvalue weighted by Crippen LogP contribution is 2.35. The van der Waals surface area contributed by atoms with Crippen LogP contribution in [-0.2, 0) is 0 Å². The zero-order valence-electron chi connectivity index (χ0n) is 14.8. The fourth-order valence-corrected chi connectivity index (χ4v) is 4.82. The van der Waals surface area contributed by atoms with Gasteiger partial charge in [-0.1, -0.05) is 35.6 Å². The molecule has 1 N–H and O–H groups in total. The van der Waals surface area contributed by atoms with Crippen molar-refractivity contribution in [3.05, 3.63) is 58.3 Å². The second-order valence-electron chi connectivity index (χ2n) is 6.30. The molecule has 0 atom stereocenters. The number of carbonyl (C=O) groups excluding carboxylic acids is 1.